The first-order chi connectivity index (χ1) is 12.0. The van der Waals surface area contributed by atoms with Gasteiger partial charge in [-0.1, -0.05) is 0 Å². The Balaban J connectivity index is 2.12. The minimum atomic E-state index is -4.98. The van der Waals surface area contributed by atoms with Gasteiger partial charge in [-0.25, -0.2) is 0 Å². The van der Waals surface area contributed by atoms with Crippen LogP contribution in [-0.2, 0) is 12.4 Å². The summed E-state index contributed by atoms with van der Waals surface area (Å²) in [7, 11) is 0. The summed E-state index contributed by atoms with van der Waals surface area (Å²) in [4.78, 5) is 14.2. The fourth-order valence-electron chi connectivity index (χ4n) is 1.84. The molecule has 0 aliphatic carbocycles. The molecule has 1 heterocycles. The number of thiocarbonyl (C=S) groups is 1. The molecule has 1 aromatic heterocycles. The molecule has 2 rings (SSSR count). The molecule has 1 amide bonds. The van der Waals surface area contributed by atoms with E-state index in [4.69, 9.17) is 12.2 Å². The van der Waals surface area contributed by atoms with E-state index in [0.29, 0.717) is 12.1 Å². The molecule has 5 nitrogen and oxygen atoms in total. The molecule has 0 unspecified atom stereocenters. The first-order valence-electron chi connectivity index (χ1n) is 6.77. The number of carbonyl (C=O) groups excluding carboxylic acids is 1. The SMILES string of the molecule is O=C(NNC(=S)Nc1cc(C(F)(F)F)cc(C(F)(F)F)c1)c1ccc[nH]1. The van der Waals surface area contributed by atoms with E-state index in [-0.39, 0.29) is 11.8 Å². The number of alkyl halides is 6. The minimum Gasteiger partial charge on any atom is -0.357 e. The number of hydrogen-bond donors (Lipinski definition) is 4. The van der Waals surface area contributed by atoms with Crippen LogP contribution in [0.5, 0.6) is 0 Å². The molecule has 2 aromatic rings. The molecule has 0 spiro atoms. The zero-order valence-electron chi connectivity index (χ0n) is 12.5. The van der Waals surface area contributed by atoms with Gasteiger partial charge in [0.2, 0.25) is 0 Å². The molecule has 4 N–H and O–H groups in total. The zero-order chi connectivity index (χ0) is 19.5. The van der Waals surface area contributed by atoms with Crippen LogP contribution in [0, 0.1) is 0 Å². The maximum absolute atomic E-state index is 12.8. The lowest BCUT2D eigenvalue weighted by atomic mass is 10.1. The smallest absolute Gasteiger partial charge is 0.357 e. The van der Waals surface area contributed by atoms with Crippen molar-refractivity contribution in [2.24, 2.45) is 0 Å². The van der Waals surface area contributed by atoms with Crippen molar-refractivity contribution in [1.82, 2.24) is 15.8 Å². The number of aromatic amines is 1. The van der Waals surface area contributed by atoms with Crippen molar-refractivity contribution in [2.45, 2.75) is 12.4 Å². The Morgan fingerprint density at radius 3 is 2.00 bits per heavy atom. The van der Waals surface area contributed by atoms with Crippen molar-refractivity contribution in [2.75, 3.05) is 5.32 Å². The van der Waals surface area contributed by atoms with Crippen LogP contribution in [0.25, 0.3) is 0 Å². The van der Waals surface area contributed by atoms with E-state index in [9.17, 15) is 31.1 Å². The lowest BCUT2D eigenvalue weighted by Crippen LogP contribution is -2.43. The lowest BCUT2D eigenvalue weighted by molar-refractivity contribution is -0.143. The fraction of sp³-hybridized carbons (Fsp3) is 0.143. The number of nitrogens with one attached hydrogen (secondary N) is 4. The Labute approximate surface area is 147 Å². The first-order valence-corrected chi connectivity index (χ1v) is 7.18. The van der Waals surface area contributed by atoms with Gasteiger partial charge in [-0.15, -0.1) is 0 Å². The molecule has 1 aromatic carbocycles. The number of anilines is 1. The van der Waals surface area contributed by atoms with Gasteiger partial charge in [0.1, 0.15) is 5.69 Å². The molecule has 0 atom stereocenters. The maximum atomic E-state index is 12.8. The first kappa shape index (κ1) is 19.6. The molecule has 0 aliphatic rings. The van der Waals surface area contributed by atoms with Gasteiger partial charge in [0.05, 0.1) is 11.1 Å². The highest BCUT2D eigenvalue weighted by Crippen LogP contribution is 2.37. The highest BCUT2D eigenvalue weighted by molar-refractivity contribution is 7.80. The van der Waals surface area contributed by atoms with Crippen molar-refractivity contribution in [3.05, 3.63) is 53.3 Å². The van der Waals surface area contributed by atoms with Crippen LogP contribution in [-0.4, -0.2) is 16.0 Å². The molecule has 12 heteroatoms. The van der Waals surface area contributed by atoms with E-state index in [1.807, 2.05) is 0 Å². The van der Waals surface area contributed by atoms with Gasteiger partial charge in [0, 0.05) is 11.9 Å². The van der Waals surface area contributed by atoms with Crippen LogP contribution in [0.15, 0.2) is 36.5 Å². The second kappa shape index (κ2) is 7.23. The Kier molecular flexibility index (Phi) is 5.44. The van der Waals surface area contributed by atoms with E-state index < -0.39 is 40.2 Å². The van der Waals surface area contributed by atoms with Crippen LogP contribution in [0.2, 0.25) is 0 Å². The van der Waals surface area contributed by atoms with Gasteiger partial charge in [-0.05, 0) is 42.5 Å². The highest BCUT2D eigenvalue weighted by atomic mass is 32.1. The number of hydrazine groups is 1. The molecular formula is C14H10F6N4OS. The summed E-state index contributed by atoms with van der Waals surface area (Å²) in [6.45, 7) is 0. The van der Waals surface area contributed by atoms with E-state index in [1.165, 1.54) is 12.3 Å². The number of aromatic nitrogens is 1. The molecule has 140 valence electrons. The summed E-state index contributed by atoms with van der Waals surface area (Å²) in [5.74, 6) is -0.640. The number of carbonyl (C=O) groups is 1. The number of amides is 1. The summed E-state index contributed by atoms with van der Waals surface area (Å²) in [5.41, 5.74) is 0.938. The monoisotopic (exact) mass is 396 g/mol. The molecule has 0 aliphatic heterocycles. The third kappa shape index (κ3) is 5.12. The molecule has 0 saturated heterocycles. The Morgan fingerprint density at radius 2 is 1.54 bits per heavy atom. The molecule has 0 radical (unpaired) electrons. The van der Waals surface area contributed by atoms with E-state index >= 15 is 0 Å². The quantitative estimate of drug-likeness (QED) is 0.355. The Hall–Kier alpha value is -2.76. The third-order valence-corrected chi connectivity index (χ3v) is 3.18. The number of rotatable bonds is 2. The van der Waals surface area contributed by atoms with Gasteiger partial charge >= 0.3 is 12.4 Å². The summed E-state index contributed by atoms with van der Waals surface area (Å²) >= 11 is 4.75. The van der Waals surface area contributed by atoms with Crippen molar-refractivity contribution in [1.29, 1.82) is 0 Å². The third-order valence-electron chi connectivity index (χ3n) is 2.98. The van der Waals surface area contributed by atoms with Crippen LogP contribution < -0.4 is 16.2 Å². The van der Waals surface area contributed by atoms with Gasteiger partial charge in [0.25, 0.3) is 5.91 Å². The number of halogens is 6. The molecule has 0 bridgehead atoms. The summed E-state index contributed by atoms with van der Waals surface area (Å²) in [6.07, 6.45) is -8.48. The van der Waals surface area contributed by atoms with E-state index in [0.717, 1.165) is 0 Å². The van der Waals surface area contributed by atoms with Gasteiger partial charge < -0.3 is 10.3 Å². The van der Waals surface area contributed by atoms with Crippen molar-refractivity contribution in [3.63, 3.8) is 0 Å². The van der Waals surface area contributed by atoms with Gasteiger partial charge in [-0.2, -0.15) is 26.3 Å². The topological polar surface area (TPSA) is 69.0 Å². The second-order valence-corrected chi connectivity index (χ2v) is 5.32. The normalized spacial score (nSPS) is 11.8. The van der Waals surface area contributed by atoms with Crippen molar-refractivity contribution >= 4 is 28.9 Å². The number of H-pyrrole nitrogens is 1. The Bertz CT molecular complexity index is 769. The summed E-state index contributed by atoms with van der Waals surface area (Å²) < 4.78 is 76.7. The Morgan fingerprint density at radius 1 is 0.962 bits per heavy atom. The van der Waals surface area contributed by atoms with Crippen molar-refractivity contribution < 1.29 is 31.1 Å². The standard InChI is InChI=1S/C14H10F6N4OS/c15-13(16,17)7-4-8(14(18,19)20)6-9(5-7)22-12(26)24-23-11(25)10-2-1-3-21-10/h1-6,21H,(H,23,25)(H2,22,24,26). The van der Waals surface area contributed by atoms with Crippen LogP contribution in [0.3, 0.4) is 0 Å². The van der Waals surface area contributed by atoms with E-state index in [1.54, 1.807) is 6.07 Å². The molecule has 0 fully saturated rings. The van der Waals surface area contributed by atoms with Crippen LogP contribution >= 0.6 is 12.2 Å². The average molecular weight is 396 g/mol. The lowest BCUT2D eigenvalue weighted by Gasteiger charge is -2.16. The van der Waals surface area contributed by atoms with Crippen LogP contribution in [0.4, 0.5) is 32.0 Å². The number of hydrogen-bond acceptors (Lipinski definition) is 2. The van der Waals surface area contributed by atoms with Crippen LogP contribution in [0.1, 0.15) is 21.6 Å². The summed E-state index contributed by atoms with van der Waals surface area (Å²) in [5, 5.41) is 1.76. The largest absolute Gasteiger partial charge is 0.416 e. The minimum absolute atomic E-state index is 0.00529. The molecule has 26 heavy (non-hydrogen) atoms. The summed E-state index contributed by atoms with van der Waals surface area (Å²) in [6, 6.07) is 3.92. The zero-order valence-corrected chi connectivity index (χ0v) is 13.4. The molecular weight excluding hydrogens is 386 g/mol. The second-order valence-electron chi connectivity index (χ2n) is 4.91. The van der Waals surface area contributed by atoms with E-state index in [2.05, 4.69) is 21.2 Å². The van der Waals surface area contributed by atoms with Gasteiger partial charge in [-0.3, -0.25) is 15.6 Å². The number of benzene rings is 1. The maximum Gasteiger partial charge on any atom is 0.416 e. The average Bonchev–Trinajstić information content (AvgIpc) is 3.05. The molecule has 0 saturated carbocycles. The van der Waals surface area contributed by atoms with Crippen molar-refractivity contribution in [3.8, 4) is 0 Å². The fourth-order valence-corrected chi connectivity index (χ4v) is 2.01. The van der Waals surface area contributed by atoms with Gasteiger partial charge in [0.15, 0.2) is 5.11 Å². The predicted molar refractivity (Wildman–Crippen MR) is 84.1 cm³/mol. The highest BCUT2D eigenvalue weighted by Gasteiger charge is 2.37. The predicted octanol–water partition coefficient (Wildman–Crippen LogP) is 3.68.